The van der Waals surface area contributed by atoms with Gasteiger partial charge in [-0.25, -0.2) is 9.97 Å². The van der Waals surface area contributed by atoms with Crippen molar-refractivity contribution in [3.05, 3.63) is 141 Å². The van der Waals surface area contributed by atoms with Crippen LogP contribution in [0.15, 0.2) is 119 Å². The minimum Gasteiger partial charge on any atom is -0.395 e. The molecule has 0 saturated carbocycles. The second kappa shape index (κ2) is 12.4. The molecule has 52 heavy (non-hydrogen) atoms. The van der Waals surface area contributed by atoms with E-state index in [2.05, 4.69) is 15.3 Å². The Labute approximate surface area is 298 Å². The number of halogens is 1. The molecule has 0 aliphatic rings. The molecule has 254 valence electrons. The zero-order chi connectivity index (χ0) is 35.0. The highest BCUT2D eigenvalue weighted by atomic mass is 35.5. The molecule has 1 amide bonds. The number of nitrogens with zero attached hydrogens (tertiary/aromatic N) is 4. The zero-order valence-corrected chi connectivity index (χ0v) is 27.3. The molecule has 0 spiro atoms. The Balaban J connectivity index is 0.000000147. The molecule has 10 nitrogen and oxygen atoms in total. The Hall–Kier alpha value is -6.49. The lowest BCUT2D eigenvalue weighted by Crippen LogP contribution is -2.26. The van der Waals surface area contributed by atoms with E-state index in [0.29, 0.717) is 44.0 Å². The summed E-state index contributed by atoms with van der Waals surface area (Å²) in [4.78, 5) is 59.8. The van der Waals surface area contributed by atoms with Crippen molar-refractivity contribution in [2.75, 3.05) is 13.2 Å². The standard InChI is InChI=1S/C21H15N3O3.C19H9ClN2O2.CH4/c25-11-10-22-20(26)13-8-9-15-18-12(13)4-3-5-14(18)19-23-16-6-1-2-7-17(16)24(19)21(15)27;20-17(23)11-8-9-13-16-10(11)4-3-5-12(16)18-21-14-6-1-2-7-15(14)22(18)19(13)24;/h1-9,25H,10-11H2,(H,22,26);1-9H;1H4. The second-order valence-corrected chi connectivity index (χ2v) is 12.5. The van der Waals surface area contributed by atoms with Crippen LogP contribution in [0.25, 0.3) is 76.5 Å². The van der Waals surface area contributed by atoms with E-state index in [9.17, 15) is 19.2 Å². The van der Waals surface area contributed by atoms with Crippen molar-refractivity contribution in [2.24, 2.45) is 0 Å². The van der Waals surface area contributed by atoms with Gasteiger partial charge in [-0.05, 0) is 70.9 Å². The van der Waals surface area contributed by atoms with Gasteiger partial charge in [0.2, 0.25) is 0 Å². The van der Waals surface area contributed by atoms with E-state index >= 15 is 0 Å². The van der Waals surface area contributed by atoms with Gasteiger partial charge in [-0.3, -0.25) is 28.0 Å². The Bertz CT molecular complexity index is 3190. The molecule has 10 rings (SSSR count). The molecule has 4 aromatic heterocycles. The maximum atomic E-state index is 13.2. The number of carbonyl (C=O) groups is 2. The Kier molecular flexibility index (Phi) is 7.78. The predicted octanol–water partition coefficient (Wildman–Crippen LogP) is 6.92. The van der Waals surface area contributed by atoms with Gasteiger partial charge in [-0.1, -0.05) is 68.1 Å². The number of para-hydroxylation sites is 4. The van der Waals surface area contributed by atoms with E-state index < -0.39 is 5.24 Å². The Morgan fingerprint density at radius 1 is 0.596 bits per heavy atom. The lowest BCUT2D eigenvalue weighted by atomic mass is 9.97. The molecule has 6 aromatic carbocycles. The number of fused-ring (bicyclic) bond motifs is 8. The summed E-state index contributed by atoms with van der Waals surface area (Å²) >= 11 is 5.70. The number of amides is 1. The van der Waals surface area contributed by atoms with E-state index in [1.165, 1.54) is 0 Å². The number of aliphatic hydroxyl groups is 1. The van der Waals surface area contributed by atoms with Crippen molar-refractivity contribution in [1.82, 2.24) is 24.1 Å². The lowest BCUT2D eigenvalue weighted by molar-refractivity contribution is 0.0946. The van der Waals surface area contributed by atoms with E-state index in [4.69, 9.17) is 16.7 Å². The van der Waals surface area contributed by atoms with Gasteiger partial charge in [-0.2, -0.15) is 0 Å². The van der Waals surface area contributed by atoms with Crippen molar-refractivity contribution in [1.29, 1.82) is 0 Å². The first-order valence-corrected chi connectivity index (χ1v) is 16.5. The summed E-state index contributed by atoms with van der Waals surface area (Å²) in [6, 6.07) is 32.9. The van der Waals surface area contributed by atoms with Crippen LogP contribution in [0.2, 0.25) is 0 Å². The van der Waals surface area contributed by atoms with Crippen LogP contribution in [0.5, 0.6) is 0 Å². The van der Waals surface area contributed by atoms with Crippen LogP contribution >= 0.6 is 11.6 Å². The van der Waals surface area contributed by atoms with Crippen LogP contribution < -0.4 is 16.4 Å². The molecule has 0 aliphatic carbocycles. The smallest absolute Gasteiger partial charge is 0.264 e. The summed E-state index contributed by atoms with van der Waals surface area (Å²) in [6.07, 6.45) is 0. The average molecular weight is 706 g/mol. The van der Waals surface area contributed by atoms with Gasteiger partial charge in [0.15, 0.2) is 0 Å². The number of hydrogen-bond acceptors (Lipinski definition) is 7. The number of rotatable bonds is 4. The largest absolute Gasteiger partial charge is 0.395 e. The molecule has 0 fully saturated rings. The van der Waals surface area contributed by atoms with Crippen LogP contribution in [-0.2, 0) is 0 Å². The first-order valence-electron chi connectivity index (χ1n) is 16.1. The summed E-state index contributed by atoms with van der Waals surface area (Å²) in [5.41, 5.74) is 4.83. The third kappa shape index (κ3) is 4.69. The Morgan fingerprint density at radius 3 is 1.56 bits per heavy atom. The highest BCUT2D eigenvalue weighted by molar-refractivity contribution is 6.68. The van der Waals surface area contributed by atoms with Gasteiger partial charge < -0.3 is 10.4 Å². The molecule has 4 heterocycles. The molecule has 0 aliphatic heterocycles. The monoisotopic (exact) mass is 705 g/mol. The van der Waals surface area contributed by atoms with E-state index in [-0.39, 0.29) is 37.6 Å². The molecular weight excluding hydrogens is 678 g/mol. The fourth-order valence-corrected chi connectivity index (χ4v) is 7.41. The van der Waals surface area contributed by atoms with Crippen LogP contribution in [0, 0.1) is 0 Å². The predicted molar refractivity (Wildman–Crippen MR) is 207 cm³/mol. The number of pyridine rings is 2. The number of carbonyl (C=O) groups excluding carboxylic acids is 2. The maximum absolute atomic E-state index is 13.2. The number of hydrogen-bond donors (Lipinski definition) is 2. The summed E-state index contributed by atoms with van der Waals surface area (Å²) in [7, 11) is 0. The summed E-state index contributed by atoms with van der Waals surface area (Å²) < 4.78 is 3.27. The van der Waals surface area contributed by atoms with Gasteiger partial charge in [-0.15, -0.1) is 0 Å². The molecule has 0 radical (unpaired) electrons. The molecule has 0 saturated heterocycles. The number of aromatic nitrogens is 4. The zero-order valence-electron chi connectivity index (χ0n) is 26.6. The van der Waals surface area contributed by atoms with Gasteiger partial charge in [0, 0.05) is 50.0 Å². The van der Waals surface area contributed by atoms with Crippen LogP contribution in [0.1, 0.15) is 28.1 Å². The van der Waals surface area contributed by atoms with Crippen molar-refractivity contribution in [3.63, 3.8) is 0 Å². The minimum absolute atomic E-state index is 0. The number of benzene rings is 6. The van der Waals surface area contributed by atoms with Crippen LogP contribution in [0.4, 0.5) is 0 Å². The molecule has 0 unspecified atom stereocenters. The number of aliphatic hydroxyl groups excluding tert-OH is 1. The topological polar surface area (TPSA) is 135 Å². The summed E-state index contributed by atoms with van der Waals surface area (Å²) in [5.74, 6) is -0.278. The maximum Gasteiger partial charge on any atom is 0.264 e. The van der Waals surface area contributed by atoms with E-state index in [0.717, 1.165) is 43.6 Å². The van der Waals surface area contributed by atoms with Crippen LogP contribution in [-0.4, -0.2) is 48.2 Å². The average Bonchev–Trinajstić information content (AvgIpc) is 3.75. The third-order valence-electron chi connectivity index (χ3n) is 9.41. The molecular formula is C41H28ClN5O5. The van der Waals surface area contributed by atoms with Gasteiger partial charge >= 0.3 is 0 Å². The fraction of sp³-hybridized carbons (Fsp3) is 0.0732. The quantitative estimate of drug-likeness (QED) is 0.190. The molecule has 0 atom stereocenters. The van der Waals surface area contributed by atoms with Crippen molar-refractivity contribution >= 4 is 99.2 Å². The summed E-state index contributed by atoms with van der Waals surface area (Å²) in [5, 5.41) is 16.7. The SMILES string of the molecule is C.O=C(Cl)c1ccc2c(=O)n3c4ccccc4nc3c3cccc1c23.O=C(NCCO)c1ccc2c(=O)n3c4ccccc4nc3c3cccc1c23. The Morgan fingerprint density at radius 2 is 1.06 bits per heavy atom. The molecule has 11 heteroatoms. The van der Waals surface area contributed by atoms with Gasteiger partial charge in [0.25, 0.3) is 22.3 Å². The molecule has 10 aromatic rings. The second-order valence-electron chi connectivity index (χ2n) is 12.2. The first kappa shape index (κ1) is 32.7. The minimum atomic E-state index is -0.537. The molecule has 0 bridgehead atoms. The van der Waals surface area contributed by atoms with E-state index in [1.807, 2.05) is 84.9 Å². The lowest BCUT2D eigenvalue weighted by Gasteiger charge is -2.11. The van der Waals surface area contributed by atoms with Crippen molar-refractivity contribution < 1.29 is 14.7 Å². The number of imidazole rings is 2. The van der Waals surface area contributed by atoms with Crippen LogP contribution in [0.3, 0.4) is 0 Å². The fourth-order valence-electron chi connectivity index (χ4n) is 7.24. The van der Waals surface area contributed by atoms with Crippen molar-refractivity contribution in [2.45, 2.75) is 7.43 Å². The highest BCUT2D eigenvalue weighted by Crippen LogP contribution is 2.33. The highest BCUT2D eigenvalue weighted by Gasteiger charge is 2.20. The molecule has 2 N–H and O–H groups in total. The van der Waals surface area contributed by atoms with Gasteiger partial charge in [0.05, 0.1) is 28.7 Å². The normalized spacial score (nSPS) is 11.6. The third-order valence-corrected chi connectivity index (χ3v) is 9.61. The van der Waals surface area contributed by atoms with Gasteiger partial charge in [0.1, 0.15) is 11.3 Å². The van der Waals surface area contributed by atoms with E-state index in [1.54, 1.807) is 33.1 Å². The first-order chi connectivity index (χ1) is 24.9. The number of nitrogens with one attached hydrogen (secondary N) is 1. The van der Waals surface area contributed by atoms with Crippen molar-refractivity contribution in [3.8, 4) is 0 Å². The summed E-state index contributed by atoms with van der Waals surface area (Å²) in [6.45, 7) is 0.0476.